The largest absolute Gasteiger partial charge is 0.469 e. The number of aliphatic hydroxyl groups is 3. The van der Waals surface area contributed by atoms with Crippen LogP contribution in [0.4, 0.5) is 0 Å². The molecule has 0 heterocycles. The first kappa shape index (κ1) is 48.4. The van der Waals surface area contributed by atoms with Crippen LogP contribution in [0.2, 0.25) is 0 Å². The molecule has 0 aromatic heterocycles. The monoisotopic (exact) mass is 760 g/mol. The summed E-state index contributed by atoms with van der Waals surface area (Å²) < 4.78 is 26.3. The summed E-state index contributed by atoms with van der Waals surface area (Å²) in [4.78, 5) is 43.0. The summed E-state index contributed by atoms with van der Waals surface area (Å²) in [7, 11) is -4.81. The number of aliphatic hydroxyl groups excluding tert-OH is 3. The van der Waals surface area contributed by atoms with Gasteiger partial charge in [0.25, 0.3) is 0 Å². The van der Waals surface area contributed by atoms with Gasteiger partial charge in [0.2, 0.25) is 0 Å². The number of allylic oxidation sites excluding steroid dienone is 2. The van der Waals surface area contributed by atoms with Gasteiger partial charge in [0.05, 0.1) is 24.9 Å². The second-order valence-corrected chi connectivity index (χ2v) is 16.1. The van der Waals surface area contributed by atoms with Crippen molar-refractivity contribution >= 4 is 19.8 Å². The minimum absolute atomic E-state index is 0.0919. The number of hydrogen-bond donors (Lipinski definition) is 5. The molecule has 52 heavy (non-hydrogen) atoms. The van der Waals surface area contributed by atoms with Crippen LogP contribution in [0.1, 0.15) is 162 Å². The summed E-state index contributed by atoms with van der Waals surface area (Å²) in [6, 6.07) is 0. The minimum Gasteiger partial charge on any atom is -0.462 e. The standard InChI is InChI=1S/C40H73O11P/c1-4-6-17-23-33(41)27-28-36-35(37(42)29-38(36)43)24-19-15-16-20-25-39(44)49-30-34(31-50-52(46,47)48)51-40(45)26-21-14-12-10-8-7-9-11-13-18-22-32(3)5-2/h15,19,27-28,32-38,41-43H,4-14,16-18,20-26,29-31H2,1-3H3,(H2,46,47,48)/b19-15+,28-27+/t32?,33-,34+,35+,36+,37-,38+/m0/s1. The normalized spacial score (nSPS) is 21.2. The Morgan fingerprint density at radius 3 is 2.04 bits per heavy atom. The maximum Gasteiger partial charge on any atom is 0.469 e. The fraction of sp³-hybridized carbons (Fsp3) is 0.850. The third-order valence-corrected chi connectivity index (χ3v) is 10.6. The van der Waals surface area contributed by atoms with Crippen LogP contribution in [0.15, 0.2) is 24.3 Å². The molecule has 1 saturated carbocycles. The van der Waals surface area contributed by atoms with Gasteiger partial charge in [-0.3, -0.25) is 14.1 Å². The second kappa shape index (κ2) is 29.7. The average Bonchev–Trinajstić information content (AvgIpc) is 3.37. The Morgan fingerprint density at radius 2 is 1.40 bits per heavy atom. The highest BCUT2D eigenvalue weighted by molar-refractivity contribution is 7.46. The van der Waals surface area contributed by atoms with Crippen molar-refractivity contribution < 1.29 is 53.3 Å². The van der Waals surface area contributed by atoms with E-state index in [-0.39, 0.29) is 31.3 Å². The van der Waals surface area contributed by atoms with Gasteiger partial charge < -0.3 is 34.6 Å². The fourth-order valence-electron chi connectivity index (χ4n) is 6.58. The summed E-state index contributed by atoms with van der Waals surface area (Å²) in [6.07, 6.45) is 24.3. The third kappa shape index (κ3) is 25.4. The predicted molar refractivity (Wildman–Crippen MR) is 204 cm³/mol. The number of ether oxygens (including phenoxy) is 2. The van der Waals surface area contributed by atoms with Gasteiger partial charge in [-0.15, -0.1) is 0 Å². The van der Waals surface area contributed by atoms with Gasteiger partial charge in [-0.1, -0.05) is 135 Å². The molecule has 0 amide bonds. The maximum atomic E-state index is 12.4. The number of unbranched alkanes of at least 4 members (excludes halogenated alkanes) is 12. The highest BCUT2D eigenvalue weighted by Crippen LogP contribution is 2.37. The average molecular weight is 761 g/mol. The van der Waals surface area contributed by atoms with Gasteiger partial charge in [0.15, 0.2) is 6.10 Å². The highest BCUT2D eigenvalue weighted by atomic mass is 31.2. The maximum absolute atomic E-state index is 12.4. The molecule has 304 valence electrons. The van der Waals surface area contributed by atoms with Crippen LogP contribution in [0.25, 0.3) is 0 Å². The zero-order chi connectivity index (χ0) is 38.6. The number of esters is 2. The summed E-state index contributed by atoms with van der Waals surface area (Å²) in [5.74, 6) is -0.644. The zero-order valence-corrected chi connectivity index (χ0v) is 33.3. The number of carbonyl (C=O) groups excluding carboxylic acids is 2. The van der Waals surface area contributed by atoms with Crippen molar-refractivity contribution in [2.75, 3.05) is 13.2 Å². The number of phosphoric ester groups is 1. The summed E-state index contributed by atoms with van der Waals surface area (Å²) in [5.41, 5.74) is 0. The molecule has 12 heteroatoms. The van der Waals surface area contributed by atoms with Gasteiger partial charge in [0.1, 0.15) is 6.61 Å². The molecule has 0 aromatic carbocycles. The van der Waals surface area contributed by atoms with E-state index in [1.54, 1.807) is 6.08 Å². The Kier molecular flexibility index (Phi) is 27.7. The molecule has 1 fully saturated rings. The van der Waals surface area contributed by atoms with Crippen molar-refractivity contribution in [3.63, 3.8) is 0 Å². The molecular formula is C40H73O11P. The van der Waals surface area contributed by atoms with E-state index in [0.29, 0.717) is 38.5 Å². The van der Waals surface area contributed by atoms with Crippen molar-refractivity contribution in [3.8, 4) is 0 Å². The summed E-state index contributed by atoms with van der Waals surface area (Å²) in [6.45, 7) is 5.70. The van der Waals surface area contributed by atoms with Crippen LogP contribution < -0.4 is 0 Å². The van der Waals surface area contributed by atoms with E-state index in [2.05, 4.69) is 25.3 Å². The summed E-state index contributed by atoms with van der Waals surface area (Å²) >= 11 is 0. The number of carbonyl (C=O) groups is 2. The Balaban J connectivity index is 2.32. The van der Waals surface area contributed by atoms with Crippen molar-refractivity contribution in [3.05, 3.63) is 24.3 Å². The van der Waals surface area contributed by atoms with Crippen molar-refractivity contribution in [1.82, 2.24) is 0 Å². The van der Waals surface area contributed by atoms with Gasteiger partial charge >= 0.3 is 19.8 Å². The first-order valence-electron chi connectivity index (χ1n) is 20.3. The first-order valence-corrected chi connectivity index (χ1v) is 21.8. The molecule has 1 unspecified atom stereocenters. The summed E-state index contributed by atoms with van der Waals surface area (Å²) in [5, 5.41) is 31.1. The van der Waals surface area contributed by atoms with E-state index in [0.717, 1.165) is 44.4 Å². The fourth-order valence-corrected chi connectivity index (χ4v) is 6.94. The Labute approximate surface area is 314 Å². The van der Waals surface area contributed by atoms with Gasteiger partial charge in [-0.05, 0) is 43.9 Å². The van der Waals surface area contributed by atoms with Crippen molar-refractivity contribution in [2.24, 2.45) is 17.8 Å². The molecular weight excluding hydrogens is 687 g/mol. The molecule has 0 saturated heterocycles. The van der Waals surface area contributed by atoms with Gasteiger partial charge in [-0.25, -0.2) is 4.57 Å². The molecule has 7 atom stereocenters. The lowest BCUT2D eigenvalue weighted by atomic mass is 9.89. The molecule has 0 bridgehead atoms. The Hall–Kier alpha value is -1.59. The lowest BCUT2D eigenvalue weighted by Gasteiger charge is -2.19. The quantitative estimate of drug-likeness (QED) is 0.0193. The van der Waals surface area contributed by atoms with Gasteiger partial charge in [0, 0.05) is 25.2 Å². The SMILES string of the molecule is CCCCC[C@H](O)/C=C/[C@@H]1[C@@H](C/C=C/CCCC(=O)OC[C@H](COP(=O)(O)O)OC(=O)CCCCCCCCCCCCC(C)CC)[C@@H](O)C[C@H]1O. The van der Waals surface area contributed by atoms with Crippen LogP contribution in [0.3, 0.4) is 0 Å². The molecule has 5 N–H and O–H groups in total. The van der Waals surface area contributed by atoms with Crippen molar-refractivity contribution in [1.29, 1.82) is 0 Å². The van der Waals surface area contributed by atoms with Crippen LogP contribution in [0.5, 0.6) is 0 Å². The lowest BCUT2D eigenvalue weighted by molar-refractivity contribution is -0.161. The zero-order valence-electron chi connectivity index (χ0n) is 32.5. The van der Waals surface area contributed by atoms with Gasteiger partial charge in [-0.2, -0.15) is 0 Å². The smallest absolute Gasteiger partial charge is 0.462 e. The highest BCUT2D eigenvalue weighted by Gasteiger charge is 2.39. The Bertz CT molecular complexity index is 1030. The third-order valence-electron chi connectivity index (χ3n) is 10.1. The van der Waals surface area contributed by atoms with Crippen LogP contribution in [-0.2, 0) is 28.2 Å². The molecule has 1 rings (SSSR count). The number of phosphoric acid groups is 1. The van der Waals surface area contributed by atoms with E-state index in [9.17, 15) is 29.5 Å². The van der Waals surface area contributed by atoms with Crippen LogP contribution in [-0.4, -0.2) is 74.7 Å². The Morgan fingerprint density at radius 1 is 0.788 bits per heavy atom. The van der Waals surface area contributed by atoms with E-state index in [4.69, 9.17) is 19.3 Å². The first-order chi connectivity index (χ1) is 24.9. The molecule has 1 aliphatic rings. The van der Waals surface area contributed by atoms with E-state index in [1.165, 1.54) is 51.4 Å². The molecule has 0 spiro atoms. The van der Waals surface area contributed by atoms with Crippen molar-refractivity contribution in [2.45, 2.75) is 186 Å². The molecule has 11 nitrogen and oxygen atoms in total. The van der Waals surface area contributed by atoms with E-state index < -0.39 is 50.8 Å². The molecule has 0 radical (unpaired) electrons. The van der Waals surface area contributed by atoms with E-state index in [1.807, 2.05) is 18.2 Å². The van der Waals surface area contributed by atoms with Crippen LogP contribution >= 0.6 is 7.82 Å². The predicted octanol–water partition coefficient (Wildman–Crippen LogP) is 8.25. The van der Waals surface area contributed by atoms with E-state index >= 15 is 0 Å². The number of hydrogen-bond acceptors (Lipinski definition) is 9. The molecule has 0 aliphatic heterocycles. The lowest BCUT2D eigenvalue weighted by Crippen LogP contribution is -2.29. The molecule has 1 aliphatic carbocycles. The number of rotatable bonds is 32. The minimum atomic E-state index is -4.81. The van der Waals surface area contributed by atoms with Crippen LogP contribution in [0, 0.1) is 17.8 Å². The second-order valence-electron chi connectivity index (χ2n) is 14.8. The molecule has 0 aromatic rings. The topological polar surface area (TPSA) is 180 Å².